The molecular formula is C18H16N2. The molecule has 0 spiro atoms. The SMILES string of the molecule is Cc1nccn1/C(=C/c1ccccc1)c1ccccc1. The maximum absolute atomic E-state index is 4.33. The Hall–Kier alpha value is -2.61. The summed E-state index contributed by atoms with van der Waals surface area (Å²) in [6.07, 6.45) is 6.01. The fraction of sp³-hybridized carbons (Fsp3) is 0.0556. The lowest BCUT2D eigenvalue weighted by atomic mass is 10.1. The van der Waals surface area contributed by atoms with E-state index in [4.69, 9.17) is 0 Å². The predicted molar refractivity (Wildman–Crippen MR) is 83.1 cm³/mol. The molecule has 0 radical (unpaired) electrons. The Balaban J connectivity index is 2.15. The maximum atomic E-state index is 4.33. The Labute approximate surface area is 119 Å². The van der Waals surface area contributed by atoms with E-state index in [2.05, 4.69) is 64.2 Å². The molecule has 0 unspecified atom stereocenters. The topological polar surface area (TPSA) is 17.8 Å². The van der Waals surface area contributed by atoms with E-state index in [1.54, 1.807) is 0 Å². The fourth-order valence-corrected chi connectivity index (χ4v) is 2.24. The highest BCUT2D eigenvalue weighted by atomic mass is 15.1. The molecular weight excluding hydrogens is 244 g/mol. The van der Waals surface area contributed by atoms with Crippen LogP contribution in [0.15, 0.2) is 73.1 Å². The lowest BCUT2D eigenvalue weighted by Crippen LogP contribution is -2.00. The highest BCUT2D eigenvalue weighted by Gasteiger charge is 2.06. The Morgan fingerprint density at radius 1 is 0.950 bits per heavy atom. The van der Waals surface area contributed by atoms with Crippen LogP contribution in [0.1, 0.15) is 17.0 Å². The molecule has 0 saturated heterocycles. The first-order valence-electron chi connectivity index (χ1n) is 6.67. The summed E-state index contributed by atoms with van der Waals surface area (Å²) in [6, 6.07) is 20.7. The summed E-state index contributed by atoms with van der Waals surface area (Å²) in [4.78, 5) is 4.33. The molecule has 0 saturated carbocycles. The van der Waals surface area contributed by atoms with Gasteiger partial charge < -0.3 is 4.57 Å². The average Bonchev–Trinajstić information content (AvgIpc) is 2.93. The van der Waals surface area contributed by atoms with Gasteiger partial charge in [0.1, 0.15) is 5.82 Å². The van der Waals surface area contributed by atoms with Crippen LogP contribution in [0.4, 0.5) is 0 Å². The number of aromatic nitrogens is 2. The molecule has 0 aliphatic heterocycles. The third-order valence-electron chi connectivity index (χ3n) is 3.26. The molecule has 3 aromatic rings. The van der Waals surface area contributed by atoms with Gasteiger partial charge >= 0.3 is 0 Å². The number of rotatable bonds is 3. The van der Waals surface area contributed by atoms with E-state index in [-0.39, 0.29) is 0 Å². The van der Waals surface area contributed by atoms with Crippen molar-refractivity contribution in [1.82, 2.24) is 9.55 Å². The molecule has 0 N–H and O–H groups in total. The number of nitrogens with zero attached hydrogens (tertiary/aromatic N) is 2. The van der Waals surface area contributed by atoms with Gasteiger partial charge in [-0.3, -0.25) is 0 Å². The van der Waals surface area contributed by atoms with Gasteiger partial charge in [0.2, 0.25) is 0 Å². The molecule has 1 heterocycles. The first kappa shape index (κ1) is 12.4. The van der Waals surface area contributed by atoms with Crippen molar-refractivity contribution in [2.45, 2.75) is 6.92 Å². The lowest BCUT2D eigenvalue weighted by molar-refractivity contribution is 1.00. The molecule has 0 aliphatic carbocycles. The highest BCUT2D eigenvalue weighted by Crippen LogP contribution is 2.21. The number of aryl methyl sites for hydroxylation is 1. The molecule has 2 nitrogen and oxygen atoms in total. The Kier molecular flexibility index (Phi) is 3.46. The van der Waals surface area contributed by atoms with E-state index in [9.17, 15) is 0 Å². The molecule has 0 aliphatic rings. The maximum Gasteiger partial charge on any atom is 0.110 e. The van der Waals surface area contributed by atoms with Crippen molar-refractivity contribution in [2.75, 3.05) is 0 Å². The van der Waals surface area contributed by atoms with Crippen molar-refractivity contribution < 1.29 is 0 Å². The minimum atomic E-state index is 0.982. The summed E-state index contributed by atoms with van der Waals surface area (Å²) in [5, 5.41) is 0. The molecule has 0 atom stereocenters. The molecule has 0 amide bonds. The molecule has 0 bridgehead atoms. The Bertz CT molecular complexity index is 709. The standard InChI is InChI=1S/C18H16N2/c1-15-19-12-13-20(15)18(17-10-6-3-7-11-17)14-16-8-4-2-5-9-16/h2-14H,1H3/b18-14+. The third kappa shape index (κ3) is 2.54. The normalized spacial score (nSPS) is 11.6. The van der Waals surface area contributed by atoms with Crippen molar-refractivity contribution in [3.05, 3.63) is 90.0 Å². The van der Waals surface area contributed by atoms with Gasteiger partial charge in [0.05, 0.1) is 5.70 Å². The van der Waals surface area contributed by atoms with E-state index < -0.39 is 0 Å². The summed E-state index contributed by atoms with van der Waals surface area (Å²) in [6.45, 7) is 2.02. The minimum Gasteiger partial charge on any atom is -0.303 e. The summed E-state index contributed by atoms with van der Waals surface area (Å²) < 4.78 is 2.11. The lowest BCUT2D eigenvalue weighted by Gasteiger charge is -2.11. The molecule has 1 aromatic heterocycles. The number of benzene rings is 2. The van der Waals surface area contributed by atoms with Gasteiger partial charge in [-0.2, -0.15) is 0 Å². The quantitative estimate of drug-likeness (QED) is 0.644. The number of hydrogen-bond donors (Lipinski definition) is 0. The van der Waals surface area contributed by atoms with Crippen LogP contribution in [0.5, 0.6) is 0 Å². The summed E-state index contributed by atoms with van der Waals surface area (Å²) in [5.41, 5.74) is 3.49. The van der Waals surface area contributed by atoms with Gasteiger partial charge in [-0.15, -0.1) is 0 Å². The van der Waals surface area contributed by atoms with E-state index in [1.807, 2.05) is 31.5 Å². The van der Waals surface area contributed by atoms with Crippen LogP contribution < -0.4 is 0 Å². The summed E-state index contributed by atoms with van der Waals surface area (Å²) in [7, 11) is 0. The fourth-order valence-electron chi connectivity index (χ4n) is 2.24. The van der Waals surface area contributed by atoms with Crippen molar-refractivity contribution in [2.24, 2.45) is 0 Å². The highest BCUT2D eigenvalue weighted by molar-refractivity contribution is 5.81. The second-order valence-corrected chi connectivity index (χ2v) is 4.65. The largest absolute Gasteiger partial charge is 0.303 e. The van der Waals surface area contributed by atoms with Gasteiger partial charge in [0.25, 0.3) is 0 Å². The summed E-state index contributed by atoms with van der Waals surface area (Å²) in [5.74, 6) is 0.982. The van der Waals surface area contributed by atoms with Crippen molar-refractivity contribution >= 4 is 11.8 Å². The predicted octanol–water partition coefficient (Wildman–Crippen LogP) is 4.24. The smallest absolute Gasteiger partial charge is 0.110 e. The van der Waals surface area contributed by atoms with Gasteiger partial charge in [-0.1, -0.05) is 60.7 Å². The Morgan fingerprint density at radius 2 is 1.60 bits per heavy atom. The number of imidazole rings is 1. The monoisotopic (exact) mass is 260 g/mol. The first-order valence-corrected chi connectivity index (χ1v) is 6.67. The van der Waals surface area contributed by atoms with Crippen molar-refractivity contribution in [1.29, 1.82) is 0 Å². The van der Waals surface area contributed by atoms with E-state index in [1.165, 1.54) is 11.1 Å². The molecule has 2 aromatic carbocycles. The molecule has 2 heteroatoms. The second-order valence-electron chi connectivity index (χ2n) is 4.65. The van der Waals surface area contributed by atoms with Crippen LogP contribution in [0.3, 0.4) is 0 Å². The molecule has 98 valence electrons. The summed E-state index contributed by atoms with van der Waals surface area (Å²) >= 11 is 0. The average molecular weight is 260 g/mol. The zero-order chi connectivity index (χ0) is 13.8. The number of hydrogen-bond acceptors (Lipinski definition) is 1. The molecule has 0 fully saturated rings. The van der Waals surface area contributed by atoms with Gasteiger partial charge in [-0.25, -0.2) is 4.98 Å². The first-order chi connectivity index (χ1) is 9.84. The van der Waals surface area contributed by atoms with Gasteiger partial charge in [0, 0.05) is 12.4 Å². The minimum absolute atomic E-state index is 0.982. The zero-order valence-electron chi connectivity index (χ0n) is 11.4. The van der Waals surface area contributed by atoms with Crippen molar-refractivity contribution in [3.63, 3.8) is 0 Å². The molecule has 3 rings (SSSR count). The van der Waals surface area contributed by atoms with E-state index in [0.29, 0.717) is 0 Å². The van der Waals surface area contributed by atoms with E-state index >= 15 is 0 Å². The Morgan fingerprint density at radius 3 is 2.20 bits per heavy atom. The van der Waals surface area contributed by atoms with E-state index in [0.717, 1.165) is 11.5 Å². The van der Waals surface area contributed by atoms with Crippen LogP contribution >= 0.6 is 0 Å². The third-order valence-corrected chi connectivity index (χ3v) is 3.26. The van der Waals surface area contributed by atoms with Crippen LogP contribution in [0.2, 0.25) is 0 Å². The van der Waals surface area contributed by atoms with Crippen LogP contribution in [0, 0.1) is 6.92 Å². The second kappa shape index (κ2) is 5.57. The van der Waals surface area contributed by atoms with Crippen LogP contribution in [0.25, 0.3) is 11.8 Å². The van der Waals surface area contributed by atoms with Crippen LogP contribution in [-0.2, 0) is 0 Å². The molecule has 20 heavy (non-hydrogen) atoms. The van der Waals surface area contributed by atoms with Crippen LogP contribution in [-0.4, -0.2) is 9.55 Å². The van der Waals surface area contributed by atoms with Gasteiger partial charge in [-0.05, 0) is 24.1 Å². The van der Waals surface area contributed by atoms with Crippen molar-refractivity contribution in [3.8, 4) is 0 Å². The van der Waals surface area contributed by atoms with Gasteiger partial charge in [0.15, 0.2) is 0 Å². The zero-order valence-corrected chi connectivity index (χ0v) is 11.4.